The molecule has 2 rings (SSSR count). The highest BCUT2D eigenvalue weighted by Gasteiger charge is 2.44. The number of sulfonamides is 1. The Balaban J connectivity index is 1.87. The molecule has 106 valence electrons. The van der Waals surface area contributed by atoms with Gasteiger partial charge in [-0.15, -0.1) is 0 Å². The zero-order valence-electron chi connectivity index (χ0n) is 11.2. The third kappa shape index (κ3) is 3.52. The van der Waals surface area contributed by atoms with Gasteiger partial charge in [0.15, 0.2) is 0 Å². The van der Waals surface area contributed by atoms with E-state index in [-0.39, 0.29) is 11.3 Å². The molecule has 0 spiro atoms. The molecule has 0 amide bonds. The van der Waals surface area contributed by atoms with Crippen LogP contribution in [0.1, 0.15) is 25.3 Å². The second-order valence-electron chi connectivity index (χ2n) is 5.30. The maximum absolute atomic E-state index is 12.1. The van der Waals surface area contributed by atoms with Crippen molar-refractivity contribution in [1.82, 2.24) is 9.29 Å². The zero-order chi connectivity index (χ0) is 13.9. The molecule has 1 aliphatic heterocycles. The Labute approximate surface area is 114 Å². The van der Waals surface area contributed by atoms with Gasteiger partial charge >= 0.3 is 0 Å². The molecule has 1 aromatic heterocycles. The molecule has 2 N–H and O–H groups in total. The number of hydrogen-bond donors (Lipinski definition) is 1. The van der Waals surface area contributed by atoms with Gasteiger partial charge in [-0.05, 0) is 30.5 Å². The predicted octanol–water partition coefficient (Wildman–Crippen LogP) is 0.767. The standard InChI is InChI=1S/C13H21N3O2S/c1-2-6-13(14)10-16(11-13)19(17,18)9-5-12-3-7-15-8-4-12/h3-4,7-8H,2,5-6,9-11,14H2,1H3. The molecule has 1 saturated heterocycles. The Morgan fingerprint density at radius 3 is 2.58 bits per heavy atom. The first-order valence-corrected chi connectivity index (χ1v) is 8.22. The van der Waals surface area contributed by atoms with E-state index in [1.165, 1.54) is 4.31 Å². The van der Waals surface area contributed by atoms with Crippen molar-refractivity contribution in [2.45, 2.75) is 31.7 Å². The van der Waals surface area contributed by atoms with Gasteiger partial charge in [0, 0.05) is 31.0 Å². The summed E-state index contributed by atoms with van der Waals surface area (Å²) in [7, 11) is -3.18. The minimum Gasteiger partial charge on any atom is -0.323 e. The van der Waals surface area contributed by atoms with Crippen molar-refractivity contribution < 1.29 is 8.42 Å². The summed E-state index contributed by atoms with van der Waals surface area (Å²) in [6, 6.07) is 3.69. The molecule has 19 heavy (non-hydrogen) atoms. The van der Waals surface area contributed by atoms with Crippen molar-refractivity contribution in [3.8, 4) is 0 Å². The molecule has 0 radical (unpaired) electrons. The summed E-state index contributed by atoms with van der Waals surface area (Å²) in [5.74, 6) is 0.138. The molecule has 0 aliphatic carbocycles. The number of hydrogen-bond acceptors (Lipinski definition) is 4. The number of pyridine rings is 1. The molecule has 6 heteroatoms. The van der Waals surface area contributed by atoms with Crippen molar-refractivity contribution in [1.29, 1.82) is 0 Å². The quantitative estimate of drug-likeness (QED) is 0.836. The fraction of sp³-hybridized carbons (Fsp3) is 0.615. The van der Waals surface area contributed by atoms with Crippen LogP contribution < -0.4 is 5.73 Å². The average molecular weight is 283 g/mol. The van der Waals surface area contributed by atoms with Crippen LogP contribution in [-0.2, 0) is 16.4 Å². The summed E-state index contributed by atoms with van der Waals surface area (Å²) in [5, 5.41) is 0. The van der Waals surface area contributed by atoms with Crippen molar-refractivity contribution >= 4 is 10.0 Å². The van der Waals surface area contributed by atoms with Crippen molar-refractivity contribution in [2.75, 3.05) is 18.8 Å². The lowest BCUT2D eigenvalue weighted by atomic mass is 9.89. The highest BCUT2D eigenvalue weighted by Crippen LogP contribution is 2.26. The predicted molar refractivity (Wildman–Crippen MR) is 75.1 cm³/mol. The highest BCUT2D eigenvalue weighted by molar-refractivity contribution is 7.89. The molecule has 0 bridgehead atoms. The number of aryl methyl sites for hydroxylation is 1. The monoisotopic (exact) mass is 283 g/mol. The largest absolute Gasteiger partial charge is 0.323 e. The van der Waals surface area contributed by atoms with Gasteiger partial charge in [-0.1, -0.05) is 13.3 Å². The minimum absolute atomic E-state index is 0.138. The highest BCUT2D eigenvalue weighted by atomic mass is 32.2. The fourth-order valence-electron chi connectivity index (χ4n) is 2.43. The van der Waals surface area contributed by atoms with E-state index in [0.29, 0.717) is 19.5 Å². The molecule has 0 saturated carbocycles. The van der Waals surface area contributed by atoms with E-state index >= 15 is 0 Å². The fourth-order valence-corrected chi connectivity index (χ4v) is 4.09. The lowest BCUT2D eigenvalue weighted by Crippen LogP contribution is -2.68. The normalized spacial score (nSPS) is 19.1. The van der Waals surface area contributed by atoms with Crippen molar-refractivity contribution in [3.05, 3.63) is 30.1 Å². The smallest absolute Gasteiger partial charge is 0.214 e. The molecular formula is C13H21N3O2S. The Bertz CT molecular complexity index is 510. The average Bonchev–Trinajstić information content (AvgIpc) is 2.35. The molecule has 0 atom stereocenters. The van der Waals surface area contributed by atoms with E-state index in [9.17, 15) is 8.42 Å². The minimum atomic E-state index is -3.18. The van der Waals surface area contributed by atoms with Gasteiger partial charge in [0.2, 0.25) is 10.0 Å². The summed E-state index contributed by atoms with van der Waals surface area (Å²) in [6.45, 7) is 2.98. The van der Waals surface area contributed by atoms with Crippen LogP contribution in [0.2, 0.25) is 0 Å². The van der Waals surface area contributed by atoms with Crippen LogP contribution in [0.5, 0.6) is 0 Å². The molecule has 1 aliphatic rings. The SMILES string of the molecule is CCCC1(N)CN(S(=O)(=O)CCc2ccncc2)C1. The first-order chi connectivity index (χ1) is 8.95. The van der Waals surface area contributed by atoms with Crippen LogP contribution in [-0.4, -0.2) is 42.1 Å². The van der Waals surface area contributed by atoms with E-state index in [2.05, 4.69) is 11.9 Å². The number of nitrogens with two attached hydrogens (primary N) is 1. The second-order valence-corrected chi connectivity index (χ2v) is 7.39. The summed E-state index contributed by atoms with van der Waals surface area (Å²) in [4.78, 5) is 3.92. The lowest BCUT2D eigenvalue weighted by Gasteiger charge is -2.46. The molecule has 0 unspecified atom stereocenters. The zero-order valence-corrected chi connectivity index (χ0v) is 12.1. The molecular weight excluding hydrogens is 262 g/mol. The molecule has 0 aromatic carbocycles. The van der Waals surface area contributed by atoms with E-state index in [0.717, 1.165) is 18.4 Å². The maximum Gasteiger partial charge on any atom is 0.214 e. The first-order valence-electron chi connectivity index (χ1n) is 6.61. The maximum atomic E-state index is 12.1. The van der Waals surface area contributed by atoms with Crippen LogP contribution in [0.4, 0.5) is 0 Å². The van der Waals surface area contributed by atoms with Crippen LogP contribution in [0.25, 0.3) is 0 Å². The summed E-state index contributed by atoms with van der Waals surface area (Å²) >= 11 is 0. The van der Waals surface area contributed by atoms with Gasteiger partial charge < -0.3 is 5.73 Å². The summed E-state index contributed by atoms with van der Waals surface area (Å²) in [6.07, 6.45) is 5.74. The first kappa shape index (κ1) is 14.4. The second kappa shape index (κ2) is 5.56. The third-order valence-corrected chi connectivity index (χ3v) is 5.29. The van der Waals surface area contributed by atoms with Crippen LogP contribution >= 0.6 is 0 Å². The van der Waals surface area contributed by atoms with E-state index in [1.54, 1.807) is 12.4 Å². The van der Waals surface area contributed by atoms with Gasteiger partial charge in [0.05, 0.1) is 5.75 Å². The van der Waals surface area contributed by atoms with Gasteiger partial charge in [-0.2, -0.15) is 4.31 Å². The van der Waals surface area contributed by atoms with Crippen molar-refractivity contribution in [2.24, 2.45) is 5.73 Å². The third-order valence-electron chi connectivity index (χ3n) is 3.52. The van der Waals surface area contributed by atoms with Crippen LogP contribution in [0, 0.1) is 0 Å². The molecule has 5 nitrogen and oxygen atoms in total. The van der Waals surface area contributed by atoms with Gasteiger partial charge in [-0.25, -0.2) is 8.42 Å². The Morgan fingerprint density at radius 2 is 2.00 bits per heavy atom. The van der Waals surface area contributed by atoms with Gasteiger partial charge in [-0.3, -0.25) is 4.98 Å². The topological polar surface area (TPSA) is 76.3 Å². The summed E-state index contributed by atoms with van der Waals surface area (Å²) in [5.41, 5.74) is 6.78. The van der Waals surface area contributed by atoms with E-state index in [1.807, 2.05) is 12.1 Å². The van der Waals surface area contributed by atoms with E-state index in [4.69, 9.17) is 5.73 Å². The van der Waals surface area contributed by atoms with Gasteiger partial charge in [0.1, 0.15) is 0 Å². The molecule has 2 heterocycles. The van der Waals surface area contributed by atoms with Crippen LogP contribution in [0.3, 0.4) is 0 Å². The van der Waals surface area contributed by atoms with Gasteiger partial charge in [0.25, 0.3) is 0 Å². The number of nitrogens with zero attached hydrogens (tertiary/aromatic N) is 2. The Kier molecular flexibility index (Phi) is 4.23. The Hall–Kier alpha value is -0.980. The van der Waals surface area contributed by atoms with Crippen LogP contribution in [0.15, 0.2) is 24.5 Å². The number of aromatic nitrogens is 1. The number of rotatable bonds is 6. The Morgan fingerprint density at radius 1 is 1.37 bits per heavy atom. The molecule has 1 fully saturated rings. The van der Waals surface area contributed by atoms with Crippen molar-refractivity contribution in [3.63, 3.8) is 0 Å². The summed E-state index contributed by atoms with van der Waals surface area (Å²) < 4.78 is 25.8. The lowest BCUT2D eigenvalue weighted by molar-refractivity contribution is 0.147. The molecule has 1 aromatic rings. The van der Waals surface area contributed by atoms with E-state index < -0.39 is 10.0 Å².